The van der Waals surface area contributed by atoms with Crippen LogP contribution in [0.25, 0.3) is 0 Å². The third-order valence-corrected chi connectivity index (χ3v) is 2.68. The molecule has 0 bridgehead atoms. The quantitative estimate of drug-likeness (QED) is 0.258. The van der Waals surface area contributed by atoms with Crippen LogP contribution in [0.3, 0.4) is 0 Å². The topological polar surface area (TPSA) is 54.5 Å². The zero-order valence-electron chi connectivity index (χ0n) is 6.33. The number of hydrogen-bond acceptors (Lipinski definition) is 4. The maximum atomic E-state index is 11.1. The van der Waals surface area contributed by atoms with Gasteiger partial charge in [-0.05, 0) is 0 Å². The lowest BCUT2D eigenvalue weighted by molar-refractivity contribution is -0.129. The van der Waals surface area contributed by atoms with Gasteiger partial charge in [-0.2, -0.15) is 0 Å². The van der Waals surface area contributed by atoms with E-state index in [9.17, 15) is 14.4 Å². The summed E-state index contributed by atoms with van der Waals surface area (Å²) >= 11 is 2.98. The first-order chi connectivity index (χ1) is 5.65. The van der Waals surface area contributed by atoms with Crippen molar-refractivity contribution in [3.63, 3.8) is 0 Å². The van der Waals surface area contributed by atoms with E-state index in [4.69, 9.17) is 0 Å². The van der Waals surface area contributed by atoms with Crippen molar-refractivity contribution in [2.75, 3.05) is 13.1 Å². The number of alkyl halides is 1. The minimum absolute atomic E-state index is 0.150. The monoisotopic (exact) mass is 231 g/mol. The minimum atomic E-state index is -0.666. The van der Waals surface area contributed by atoms with Crippen molar-refractivity contribution in [2.24, 2.45) is 0 Å². The number of carbonyl (C=O) groups is 3. The van der Waals surface area contributed by atoms with E-state index in [1.807, 2.05) is 0 Å². The van der Waals surface area contributed by atoms with Crippen molar-refractivity contribution in [3.8, 4) is 0 Å². The molecule has 0 aromatic heterocycles. The zero-order chi connectivity index (χ0) is 9.14. The number of nitrogens with zero attached hydrogens (tertiary/aromatic N) is 1. The molecular formula is C6H7BBrNO3. The predicted molar refractivity (Wildman–Crippen MR) is 48.2 cm³/mol. The van der Waals surface area contributed by atoms with Gasteiger partial charge in [-0.25, -0.2) is 0 Å². The highest BCUT2D eigenvalue weighted by Gasteiger charge is 2.31. The smallest absolute Gasteiger partial charge is 0.281 e. The Morgan fingerprint density at radius 2 is 1.92 bits per heavy atom. The van der Waals surface area contributed by atoms with Crippen LogP contribution in [0.2, 0.25) is 0 Å². The molecule has 0 aromatic carbocycles. The number of piperidine rings is 1. The van der Waals surface area contributed by atoms with Crippen molar-refractivity contribution in [3.05, 3.63) is 0 Å². The largest absolute Gasteiger partial charge is 0.326 e. The molecule has 0 radical (unpaired) electrons. The molecule has 0 saturated carbocycles. The first kappa shape index (κ1) is 9.60. The number of hydrogen-bond donors (Lipinski definition) is 0. The Labute approximate surface area is 78.7 Å². The van der Waals surface area contributed by atoms with E-state index in [0.29, 0.717) is 6.19 Å². The summed E-state index contributed by atoms with van der Waals surface area (Å²) in [6.45, 7) is 0.362. The molecule has 1 rings (SSSR count). The minimum Gasteiger partial charge on any atom is -0.326 e. The second kappa shape index (κ2) is 3.95. The summed E-state index contributed by atoms with van der Waals surface area (Å²) in [5, 5.41) is 0. The van der Waals surface area contributed by atoms with E-state index in [1.54, 1.807) is 0 Å². The van der Waals surface area contributed by atoms with Crippen molar-refractivity contribution in [2.45, 2.75) is 4.83 Å². The molecular weight excluding hydrogens is 225 g/mol. The Balaban J connectivity index is 2.59. The first-order valence-corrected chi connectivity index (χ1v) is 4.42. The highest BCUT2D eigenvalue weighted by Crippen LogP contribution is 2.10. The summed E-state index contributed by atoms with van der Waals surface area (Å²) in [5.74, 6) is -0.346. The van der Waals surface area contributed by atoms with Crippen LogP contribution in [-0.2, 0) is 14.4 Å². The van der Waals surface area contributed by atoms with Gasteiger partial charge >= 0.3 is 0 Å². The van der Waals surface area contributed by atoms with Gasteiger partial charge in [0.1, 0.15) is 4.83 Å². The summed E-state index contributed by atoms with van der Waals surface area (Å²) in [4.78, 5) is 33.1. The van der Waals surface area contributed by atoms with E-state index >= 15 is 0 Å². The van der Waals surface area contributed by atoms with Gasteiger partial charge in [-0.1, -0.05) is 15.9 Å². The summed E-state index contributed by atoms with van der Waals surface area (Å²) in [5.41, 5.74) is 0. The molecule has 1 saturated heterocycles. The van der Waals surface area contributed by atoms with E-state index in [2.05, 4.69) is 15.9 Å². The van der Waals surface area contributed by atoms with Gasteiger partial charge in [-0.15, -0.1) is 0 Å². The lowest BCUT2D eigenvalue weighted by Crippen LogP contribution is -2.49. The molecule has 0 spiro atoms. The second-order valence-electron chi connectivity index (χ2n) is 2.63. The van der Waals surface area contributed by atoms with Crippen LogP contribution >= 0.6 is 15.9 Å². The standard InChI is InChI=1S/C6H7BBrNO3/c8-6-4(11)1-9(7-3-10)2-5(6)12/h3,6-7H,1-2H2. The molecule has 0 aromatic rings. The fraction of sp³-hybridized carbons (Fsp3) is 0.500. The third-order valence-electron chi connectivity index (χ3n) is 1.66. The van der Waals surface area contributed by atoms with Gasteiger partial charge in [0, 0.05) is 13.1 Å². The van der Waals surface area contributed by atoms with Crippen molar-refractivity contribution >= 4 is 41.1 Å². The molecule has 1 fully saturated rings. The van der Waals surface area contributed by atoms with Gasteiger partial charge in [-0.3, -0.25) is 9.59 Å². The predicted octanol–water partition coefficient (Wildman–Crippen LogP) is -1.25. The Bertz CT molecular complexity index is 215. The van der Waals surface area contributed by atoms with E-state index < -0.39 is 4.83 Å². The molecule has 1 aliphatic rings. The lowest BCUT2D eigenvalue weighted by Gasteiger charge is -2.24. The van der Waals surface area contributed by atoms with E-state index in [1.165, 1.54) is 4.81 Å². The van der Waals surface area contributed by atoms with Crippen LogP contribution in [-0.4, -0.2) is 47.9 Å². The second-order valence-corrected chi connectivity index (χ2v) is 3.55. The lowest BCUT2D eigenvalue weighted by atomic mass is 9.90. The Kier molecular flexibility index (Phi) is 3.16. The molecule has 6 heteroatoms. The summed E-state index contributed by atoms with van der Waals surface area (Å²) < 4.78 is 0. The van der Waals surface area contributed by atoms with Gasteiger partial charge < -0.3 is 9.61 Å². The number of ketones is 2. The number of Topliss-reactive ketones (excluding diaryl/α,β-unsaturated/α-hetero) is 2. The molecule has 64 valence electrons. The Morgan fingerprint density at radius 3 is 2.33 bits per heavy atom. The molecule has 0 N–H and O–H groups in total. The van der Waals surface area contributed by atoms with Gasteiger partial charge in [0.05, 0.1) is 6.19 Å². The third kappa shape index (κ3) is 2.01. The molecule has 1 heterocycles. The zero-order valence-corrected chi connectivity index (χ0v) is 7.91. The highest BCUT2D eigenvalue weighted by atomic mass is 79.9. The molecule has 12 heavy (non-hydrogen) atoms. The molecule has 0 atom stereocenters. The van der Waals surface area contributed by atoms with Crippen molar-refractivity contribution < 1.29 is 14.4 Å². The van der Waals surface area contributed by atoms with Gasteiger partial charge in [0.25, 0.3) is 7.41 Å². The summed E-state index contributed by atoms with van der Waals surface area (Å²) in [6.07, 6.45) is 0.690. The fourth-order valence-corrected chi connectivity index (χ4v) is 1.36. The van der Waals surface area contributed by atoms with Crippen LogP contribution in [0.4, 0.5) is 0 Å². The van der Waals surface area contributed by atoms with Crippen molar-refractivity contribution in [1.29, 1.82) is 0 Å². The SMILES string of the molecule is O=CBN1CC(=O)C(Br)C(=O)C1. The van der Waals surface area contributed by atoms with Crippen LogP contribution in [0.1, 0.15) is 0 Å². The average molecular weight is 232 g/mol. The highest BCUT2D eigenvalue weighted by molar-refractivity contribution is 9.10. The molecule has 0 aliphatic carbocycles. The van der Waals surface area contributed by atoms with Crippen LogP contribution in [0.15, 0.2) is 0 Å². The normalized spacial score (nSPS) is 21.1. The number of carbonyl (C=O) groups excluding carboxylic acids is 3. The number of halogens is 1. The van der Waals surface area contributed by atoms with Crippen LogP contribution in [0.5, 0.6) is 0 Å². The van der Waals surface area contributed by atoms with Gasteiger partial charge in [0.15, 0.2) is 11.6 Å². The summed E-state index contributed by atoms with van der Waals surface area (Å²) in [7, 11) is 0.150. The number of rotatable bonds is 2. The van der Waals surface area contributed by atoms with Crippen LogP contribution in [0, 0.1) is 0 Å². The van der Waals surface area contributed by atoms with Gasteiger partial charge in [0.2, 0.25) is 0 Å². The Hall–Kier alpha value is -0.485. The molecule has 0 unspecified atom stereocenters. The summed E-state index contributed by atoms with van der Waals surface area (Å²) in [6, 6.07) is 0. The maximum absolute atomic E-state index is 11.1. The Morgan fingerprint density at radius 1 is 1.42 bits per heavy atom. The molecule has 4 nitrogen and oxygen atoms in total. The molecule has 0 amide bonds. The molecule has 1 aliphatic heterocycles. The van der Waals surface area contributed by atoms with Crippen molar-refractivity contribution in [1.82, 2.24) is 4.81 Å². The van der Waals surface area contributed by atoms with E-state index in [0.717, 1.165) is 0 Å². The average Bonchev–Trinajstić information content (AvgIpc) is 2.01. The fourth-order valence-electron chi connectivity index (χ4n) is 1.07. The van der Waals surface area contributed by atoms with Crippen LogP contribution < -0.4 is 0 Å². The maximum Gasteiger partial charge on any atom is 0.281 e. The first-order valence-electron chi connectivity index (χ1n) is 3.50. The van der Waals surface area contributed by atoms with E-state index in [-0.39, 0.29) is 32.1 Å².